The zero-order valence-corrected chi connectivity index (χ0v) is 11.1. The quantitative estimate of drug-likeness (QED) is 0.824. The summed E-state index contributed by atoms with van der Waals surface area (Å²) in [5, 5.41) is 3.27. The lowest BCUT2D eigenvalue weighted by Crippen LogP contribution is -2.50. The molecule has 1 aliphatic carbocycles. The van der Waals surface area contributed by atoms with Crippen LogP contribution in [0.25, 0.3) is 0 Å². The predicted octanol–water partition coefficient (Wildman–Crippen LogP) is 1.81. The van der Waals surface area contributed by atoms with E-state index in [1.54, 1.807) is 0 Å². The fourth-order valence-electron chi connectivity index (χ4n) is 2.60. The van der Waals surface area contributed by atoms with Crippen LogP contribution < -0.4 is 5.32 Å². The highest BCUT2D eigenvalue weighted by Crippen LogP contribution is 2.28. The molecule has 0 aromatic heterocycles. The molecule has 0 unspecified atom stereocenters. The Labute approximate surface area is 104 Å². The molecule has 94 valence electrons. The van der Waals surface area contributed by atoms with Crippen LogP contribution in [0.4, 0.5) is 0 Å². The van der Waals surface area contributed by atoms with E-state index in [4.69, 9.17) is 0 Å². The fourth-order valence-corrected chi connectivity index (χ4v) is 2.60. The third-order valence-electron chi connectivity index (χ3n) is 3.69. The Kier molecular flexibility index (Phi) is 5.06. The fraction of sp³-hybridized carbons (Fsp3) is 0.917. The lowest BCUT2D eigenvalue weighted by Gasteiger charge is -2.41. The van der Waals surface area contributed by atoms with Crippen LogP contribution in [0.15, 0.2) is 0 Å². The lowest BCUT2D eigenvalue weighted by atomic mass is 9.89. The topological polar surface area (TPSA) is 32.3 Å². The molecule has 2 aliphatic rings. The van der Waals surface area contributed by atoms with Crippen molar-refractivity contribution in [3.8, 4) is 0 Å². The predicted molar refractivity (Wildman–Crippen MR) is 67.8 cm³/mol. The van der Waals surface area contributed by atoms with Crippen molar-refractivity contribution in [3.05, 3.63) is 0 Å². The van der Waals surface area contributed by atoms with Crippen LogP contribution in [0.2, 0.25) is 0 Å². The molecule has 0 aromatic carbocycles. The number of hydrogen-bond acceptors (Lipinski definition) is 2. The van der Waals surface area contributed by atoms with E-state index in [1.807, 2.05) is 0 Å². The van der Waals surface area contributed by atoms with Gasteiger partial charge in [-0.25, -0.2) is 0 Å². The largest absolute Gasteiger partial charge is 0.337 e. The molecule has 1 saturated heterocycles. The summed E-state index contributed by atoms with van der Waals surface area (Å²) in [6, 6.07) is 0.904. The van der Waals surface area contributed by atoms with E-state index in [1.165, 1.54) is 19.3 Å². The standard InChI is InChI=1S/C12H22N2O.ClH/c1-9(2)14(11-4-3-5-11)12(15)10-6-7-13-8-10;/h9-11,13H,3-8H2,1-2H3;1H/t10-;/m1./s1. The second-order valence-electron chi connectivity index (χ2n) is 5.11. The number of nitrogens with one attached hydrogen (secondary N) is 1. The summed E-state index contributed by atoms with van der Waals surface area (Å²) < 4.78 is 0. The molecule has 1 atom stereocenters. The van der Waals surface area contributed by atoms with E-state index in [2.05, 4.69) is 24.1 Å². The highest BCUT2D eigenvalue weighted by molar-refractivity contribution is 5.85. The van der Waals surface area contributed by atoms with Crippen LogP contribution in [0, 0.1) is 5.92 Å². The summed E-state index contributed by atoms with van der Waals surface area (Å²) in [4.78, 5) is 14.4. The van der Waals surface area contributed by atoms with Crippen molar-refractivity contribution >= 4 is 18.3 Å². The molecule has 1 heterocycles. The molecule has 0 radical (unpaired) electrons. The van der Waals surface area contributed by atoms with Gasteiger partial charge in [0.25, 0.3) is 0 Å². The smallest absolute Gasteiger partial charge is 0.227 e. The zero-order valence-electron chi connectivity index (χ0n) is 10.2. The molecular formula is C12H23ClN2O. The molecule has 0 spiro atoms. The van der Waals surface area contributed by atoms with Gasteiger partial charge in [-0.3, -0.25) is 4.79 Å². The van der Waals surface area contributed by atoms with Gasteiger partial charge in [0.2, 0.25) is 5.91 Å². The van der Waals surface area contributed by atoms with Crippen molar-refractivity contribution in [2.75, 3.05) is 13.1 Å². The Balaban J connectivity index is 0.00000128. The van der Waals surface area contributed by atoms with Gasteiger partial charge < -0.3 is 10.2 Å². The maximum absolute atomic E-state index is 12.3. The van der Waals surface area contributed by atoms with Gasteiger partial charge in [-0.2, -0.15) is 0 Å². The van der Waals surface area contributed by atoms with E-state index < -0.39 is 0 Å². The number of carbonyl (C=O) groups is 1. The van der Waals surface area contributed by atoms with Crippen molar-refractivity contribution in [3.63, 3.8) is 0 Å². The maximum atomic E-state index is 12.3. The van der Waals surface area contributed by atoms with Crippen molar-refractivity contribution in [1.82, 2.24) is 10.2 Å². The molecule has 0 aromatic rings. The van der Waals surface area contributed by atoms with Crippen molar-refractivity contribution in [2.24, 2.45) is 5.92 Å². The number of rotatable bonds is 3. The number of amides is 1. The van der Waals surface area contributed by atoms with Gasteiger partial charge >= 0.3 is 0 Å². The van der Waals surface area contributed by atoms with E-state index in [0.29, 0.717) is 18.0 Å². The molecule has 1 N–H and O–H groups in total. The molecule has 16 heavy (non-hydrogen) atoms. The van der Waals surface area contributed by atoms with E-state index in [-0.39, 0.29) is 18.3 Å². The lowest BCUT2D eigenvalue weighted by molar-refractivity contribution is -0.141. The Morgan fingerprint density at radius 2 is 2.00 bits per heavy atom. The van der Waals surface area contributed by atoms with Gasteiger partial charge in [0, 0.05) is 18.6 Å². The summed E-state index contributed by atoms with van der Waals surface area (Å²) in [6.45, 7) is 6.17. The van der Waals surface area contributed by atoms with Crippen LogP contribution in [-0.2, 0) is 4.79 Å². The minimum absolute atomic E-state index is 0. The highest BCUT2D eigenvalue weighted by atomic mass is 35.5. The molecular weight excluding hydrogens is 224 g/mol. The molecule has 1 amide bonds. The third kappa shape index (κ3) is 2.69. The Hall–Kier alpha value is -0.280. The molecule has 1 saturated carbocycles. The molecule has 3 nitrogen and oxygen atoms in total. The van der Waals surface area contributed by atoms with Crippen molar-refractivity contribution in [2.45, 2.75) is 51.6 Å². The summed E-state index contributed by atoms with van der Waals surface area (Å²) >= 11 is 0. The van der Waals surface area contributed by atoms with Gasteiger partial charge in [-0.15, -0.1) is 12.4 Å². The molecule has 4 heteroatoms. The minimum atomic E-state index is 0. The SMILES string of the molecule is CC(C)N(C(=O)[C@@H]1CCNC1)C1CCC1.Cl. The number of carbonyl (C=O) groups excluding carboxylic acids is 1. The Morgan fingerprint density at radius 3 is 2.38 bits per heavy atom. The monoisotopic (exact) mass is 246 g/mol. The van der Waals surface area contributed by atoms with E-state index in [9.17, 15) is 4.79 Å². The van der Waals surface area contributed by atoms with Crippen LogP contribution in [0.5, 0.6) is 0 Å². The second-order valence-corrected chi connectivity index (χ2v) is 5.11. The first-order chi connectivity index (χ1) is 7.20. The van der Waals surface area contributed by atoms with Crippen LogP contribution in [0.1, 0.15) is 39.5 Å². The number of hydrogen-bond donors (Lipinski definition) is 1. The highest BCUT2D eigenvalue weighted by Gasteiger charge is 2.35. The van der Waals surface area contributed by atoms with Gasteiger partial charge in [0.1, 0.15) is 0 Å². The van der Waals surface area contributed by atoms with E-state index in [0.717, 1.165) is 19.5 Å². The van der Waals surface area contributed by atoms with Crippen LogP contribution in [0.3, 0.4) is 0 Å². The second kappa shape index (κ2) is 5.87. The van der Waals surface area contributed by atoms with Crippen molar-refractivity contribution < 1.29 is 4.79 Å². The molecule has 2 rings (SSSR count). The van der Waals surface area contributed by atoms with Crippen LogP contribution in [-0.4, -0.2) is 36.0 Å². The summed E-state index contributed by atoms with van der Waals surface area (Å²) in [7, 11) is 0. The summed E-state index contributed by atoms with van der Waals surface area (Å²) in [5.74, 6) is 0.632. The molecule has 0 bridgehead atoms. The minimum Gasteiger partial charge on any atom is -0.337 e. The Bertz CT molecular complexity index is 235. The van der Waals surface area contributed by atoms with Crippen LogP contribution >= 0.6 is 12.4 Å². The average molecular weight is 247 g/mol. The maximum Gasteiger partial charge on any atom is 0.227 e. The van der Waals surface area contributed by atoms with Gasteiger partial charge in [-0.05, 0) is 46.1 Å². The number of nitrogens with zero attached hydrogens (tertiary/aromatic N) is 1. The average Bonchev–Trinajstić information content (AvgIpc) is 2.61. The number of halogens is 1. The molecule has 1 aliphatic heterocycles. The Morgan fingerprint density at radius 1 is 1.31 bits per heavy atom. The first-order valence-corrected chi connectivity index (χ1v) is 6.23. The summed E-state index contributed by atoms with van der Waals surface area (Å²) in [6.07, 6.45) is 4.74. The normalized spacial score (nSPS) is 25.1. The van der Waals surface area contributed by atoms with Gasteiger partial charge in [0.15, 0.2) is 0 Å². The van der Waals surface area contributed by atoms with Gasteiger partial charge in [-0.1, -0.05) is 0 Å². The zero-order chi connectivity index (χ0) is 10.8. The summed E-state index contributed by atoms with van der Waals surface area (Å²) in [5.41, 5.74) is 0. The molecule has 2 fully saturated rings. The first kappa shape index (κ1) is 13.8. The van der Waals surface area contributed by atoms with Crippen molar-refractivity contribution in [1.29, 1.82) is 0 Å². The first-order valence-electron chi connectivity index (χ1n) is 6.23. The van der Waals surface area contributed by atoms with Gasteiger partial charge in [0.05, 0.1) is 5.92 Å². The van der Waals surface area contributed by atoms with E-state index >= 15 is 0 Å². The third-order valence-corrected chi connectivity index (χ3v) is 3.69.